The van der Waals surface area contributed by atoms with Crippen LogP contribution in [0.5, 0.6) is 5.75 Å². The maximum atomic E-state index is 12.6. The predicted octanol–water partition coefficient (Wildman–Crippen LogP) is 4.39. The molecule has 0 bridgehead atoms. The van der Waals surface area contributed by atoms with E-state index < -0.39 is 0 Å². The van der Waals surface area contributed by atoms with Crippen molar-refractivity contribution in [2.24, 2.45) is 0 Å². The number of aromatic nitrogens is 2. The lowest BCUT2D eigenvalue weighted by Gasteiger charge is -2.26. The Morgan fingerprint density at radius 1 is 1.25 bits per heavy atom. The molecule has 1 aliphatic rings. The fraction of sp³-hybridized carbons (Fsp3) is 0.273. The third-order valence-electron chi connectivity index (χ3n) is 5.16. The lowest BCUT2D eigenvalue weighted by Crippen LogP contribution is -2.37. The molecule has 4 rings (SSSR count). The third-order valence-corrected chi connectivity index (χ3v) is 5.16. The molecule has 0 aliphatic carbocycles. The summed E-state index contributed by atoms with van der Waals surface area (Å²) in [5.74, 6) is 0.768. The molecule has 2 aromatic heterocycles. The monoisotopic (exact) mass is 376 g/mol. The summed E-state index contributed by atoms with van der Waals surface area (Å²) in [6, 6.07) is 11.4. The second-order valence-electron chi connectivity index (χ2n) is 6.79. The largest absolute Gasteiger partial charge is 0.497 e. The standard InChI is InChI=1S/C22H24N4O2/c1-3-25-15-20(19-5-4-12-23-21(19)25)16-10-13-26(14-11-16)22(27)24-17-6-8-18(28-2)9-7-17/h4-10,12,15H,3,11,13-14H2,1-2H3,(H,24,27). The number of benzene rings is 1. The van der Waals surface area contributed by atoms with Crippen LogP contribution < -0.4 is 10.1 Å². The Balaban J connectivity index is 1.48. The van der Waals surface area contributed by atoms with E-state index in [2.05, 4.69) is 40.1 Å². The van der Waals surface area contributed by atoms with Crippen molar-refractivity contribution in [1.82, 2.24) is 14.5 Å². The van der Waals surface area contributed by atoms with Crippen molar-refractivity contribution in [3.63, 3.8) is 0 Å². The van der Waals surface area contributed by atoms with E-state index in [9.17, 15) is 4.79 Å². The average Bonchev–Trinajstić information content (AvgIpc) is 3.13. The van der Waals surface area contributed by atoms with Crippen LogP contribution in [0.15, 0.2) is 54.9 Å². The summed E-state index contributed by atoms with van der Waals surface area (Å²) in [5, 5.41) is 4.12. The highest BCUT2D eigenvalue weighted by Gasteiger charge is 2.20. The summed E-state index contributed by atoms with van der Waals surface area (Å²) < 4.78 is 7.32. The minimum Gasteiger partial charge on any atom is -0.497 e. The lowest BCUT2D eigenvalue weighted by molar-refractivity contribution is 0.217. The van der Waals surface area contributed by atoms with E-state index in [-0.39, 0.29) is 6.03 Å². The zero-order valence-corrected chi connectivity index (χ0v) is 16.2. The topological polar surface area (TPSA) is 59.4 Å². The summed E-state index contributed by atoms with van der Waals surface area (Å²) in [6.45, 7) is 4.29. The van der Waals surface area contributed by atoms with E-state index in [1.54, 1.807) is 7.11 Å². The van der Waals surface area contributed by atoms with Crippen LogP contribution in [-0.4, -0.2) is 40.7 Å². The molecule has 0 spiro atoms. The van der Waals surface area contributed by atoms with E-state index >= 15 is 0 Å². The van der Waals surface area contributed by atoms with Gasteiger partial charge in [0, 0.05) is 48.7 Å². The van der Waals surface area contributed by atoms with Crippen LogP contribution in [0, 0.1) is 0 Å². The summed E-state index contributed by atoms with van der Waals surface area (Å²) in [5.41, 5.74) is 4.28. The van der Waals surface area contributed by atoms with Crippen molar-refractivity contribution in [2.45, 2.75) is 19.9 Å². The minimum absolute atomic E-state index is 0.0851. The Bertz CT molecular complexity index is 1020. The molecule has 0 fully saturated rings. The molecule has 3 heterocycles. The Morgan fingerprint density at radius 2 is 2.07 bits per heavy atom. The number of hydrogen-bond acceptors (Lipinski definition) is 3. The van der Waals surface area contributed by atoms with Gasteiger partial charge in [-0.05, 0) is 55.3 Å². The van der Waals surface area contributed by atoms with Crippen molar-refractivity contribution < 1.29 is 9.53 Å². The molecule has 28 heavy (non-hydrogen) atoms. The van der Waals surface area contributed by atoms with Gasteiger partial charge in [0.2, 0.25) is 0 Å². The summed E-state index contributed by atoms with van der Waals surface area (Å²) in [7, 11) is 1.62. The van der Waals surface area contributed by atoms with Gasteiger partial charge in [0.25, 0.3) is 0 Å². The molecule has 2 amide bonds. The van der Waals surface area contributed by atoms with Crippen molar-refractivity contribution in [3.05, 3.63) is 60.4 Å². The van der Waals surface area contributed by atoms with E-state index in [0.717, 1.165) is 30.0 Å². The maximum Gasteiger partial charge on any atom is 0.322 e. The quantitative estimate of drug-likeness (QED) is 0.735. The molecule has 0 unspecified atom stereocenters. The first-order valence-corrected chi connectivity index (χ1v) is 9.53. The molecule has 1 aromatic carbocycles. The molecule has 0 saturated heterocycles. The number of carbonyl (C=O) groups excluding carboxylic acids is 1. The number of hydrogen-bond donors (Lipinski definition) is 1. The number of rotatable bonds is 4. The van der Waals surface area contributed by atoms with Crippen LogP contribution >= 0.6 is 0 Å². The predicted molar refractivity (Wildman–Crippen MR) is 112 cm³/mol. The first kappa shape index (κ1) is 18.1. The van der Waals surface area contributed by atoms with Gasteiger partial charge in [-0.25, -0.2) is 9.78 Å². The smallest absolute Gasteiger partial charge is 0.322 e. The molecule has 144 valence electrons. The highest BCUT2D eigenvalue weighted by atomic mass is 16.5. The van der Waals surface area contributed by atoms with Crippen LogP contribution in [0.1, 0.15) is 18.9 Å². The lowest BCUT2D eigenvalue weighted by atomic mass is 10.00. The fourth-order valence-electron chi connectivity index (χ4n) is 3.59. The number of carbonyl (C=O) groups is 1. The molecule has 0 atom stereocenters. The molecule has 0 saturated carbocycles. The third kappa shape index (κ3) is 3.45. The first-order chi connectivity index (χ1) is 13.7. The SMILES string of the molecule is CCn1cc(C2=CCN(C(=O)Nc3ccc(OC)cc3)CC2)c2cccnc21. The second kappa shape index (κ2) is 7.76. The van der Waals surface area contributed by atoms with E-state index in [1.165, 1.54) is 16.5 Å². The Morgan fingerprint density at radius 3 is 2.75 bits per heavy atom. The Hall–Kier alpha value is -3.28. The first-order valence-electron chi connectivity index (χ1n) is 9.53. The highest BCUT2D eigenvalue weighted by molar-refractivity contribution is 5.93. The molecule has 0 radical (unpaired) electrons. The van der Waals surface area contributed by atoms with Crippen LogP contribution in [0.2, 0.25) is 0 Å². The molecule has 1 N–H and O–H groups in total. The van der Waals surface area contributed by atoms with Gasteiger partial charge >= 0.3 is 6.03 Å². The minimum atomic E-state index is -0.0851. The van der Waals surface area contributed by atoms with Crippen molar-refractivity contribution in [1.29, 1.82) is 0 Å². The van der Waals surface area contributed by atoms with E-state index in [0.29, 0.717) is 13.1 Å². The number of ether oxygens (including phenoxy) is 1. The Labute approximate surface area is 164 Å². The average molecular weight is 376 g/mol. The fourth-order valence-corrected chi connectivity index (χ4v) is 3.59. The number of nitrogens with zero attached hydrogens (tertiary/aromatic N) is 3. The molecular formula is C22H24N4O2. The molecule has 1 aliphatic heterocycles. The molecule has 6 heteroatoms. The van der Waals surface area contributed by atoms with Gasteiger partial charge in [0.1, 0.15) is 11.4 Å². The number of methoxy groups -OCH3 is 1. The van der Waals surface area contributed by atoms with Gasteiger partial charge in [-0.3, -0.25) is 0 Å². The second-order valence-corrected chi connectivity index (χ2v) is 6.79. The van der Waals surface area contributed by atoms with Gasteiger partial charge in [0.05, 0.1) is 7.11 Å². The van der Waals surface area contributed by atoms with E-state index in [4.69, 9.17) is 4.74 Å². The zero-order valence-electron chi connectivity index (χ0n) is 16.2. The molecular weight excluding hydrogens is 352 g/mol. The number of pyridine rings is 1. The van der Waals surface area contributed by atoms with Crippen LogP contribution in [0.25, 0.3) is 16.6 Å². The van der Waals surface area contributed by atoms with E-state index in [1.807, 2.05) is 41.4 Å². The molecule has 3 aromatic rings. The number of amides is 2. The normalized spacial score (nSPS) is 14.1. The number of fused-ring (bicyclic) bond motifs is 1. The van der Waals surface area contributed by atoms with Gasteiger partial charge in [-0.1, -0.05) is 6.08 Å². The van der Waals surface area contributed by atoms with Crippen LogP contribution in [-0.2, 0) is 6.54 Å². The number of urea groups is 1. The van der Waals surface area contributed by atoms with Gasteiger partial charge in [-0.2, -0.15) is 0 Å². The number of aryl methyl sites for hydroxylation is 1. The highest BCUT2D eigenvalue weighted by Crippen LogP contribution is 2.30. The summed E-state index contributed by atoms with van der Waals surface area (Å²) in [6.07, 6.45) is 6.99. The van der Waals surface area contributed by atoms with Crippen molar-refractivity contribution in [3.8, 4) is 5.75 Å². The van der Waals surface area contributed by atoms with Crippen LogP contribution in [0.3, 0.4) is 0 Å². The maximum absolute atomic E-state index is 12.6. The van der Waals surface area contributed by atoms with Gasteiger partial charge in [-0.15, -0.1) is 0 Å². The van der Waals surface area contributed by atoms with Crippen molar-refractivity contribution in [2.75, 3.05) is 25.5 Å². The molecule has 6 nitrogen and oxygen atoms in total. The zero-order chi connectivity index (χ0) is 19.5. The van der Waals surface area contributed by atoms with Crippen LogP contribution in [0.4, 0.5) is 10.5 Å². The number of nitrogens with one attached hydrogen (secondary N) is 1. The Kier molecular flexibility index (Phi) is 5.02. The number of anilines is 1. The van der Waals surface area contributed by atoms with Gasteiger partial charge < -0.3 is 19.5 Å². The summed E-state index contributed by atoms with van der Waals surface area (Å²) >= 11 is 0. The van der Waals surface area contributed by atoms with Gasteiger partial charge in [0.15, 0.2) is 0 Å². The summed E-state index contributed by atoms with van der Waals surface area (Å²) in [4.78, 5) is 18.9. The van der Waals surface area contributed by atoms with Crippen molar-refractivity contribution >= 4 is 28.3 Å².